The number of hydrogen-bond donors (Lipinski definition) is 0. The van der Waals surface area contributed by atoms with Gasteiger partial charge in [-0.25, -0.2) is 14.5 Å². The Balaban J connectivity index is 1.24. The fourth-order valence-electron chi connectivity index (χ4n) is 4.02. The van der Waals surface area contributed by atoms with Crippen molar-refractivity contribution in [1.29, 1.82) is 0 Å². The summed E-state index contributed by atoms with van der Waals surface area (Å²) in [7, 11) is 4.91. The number of imidazole rings is 1. The van der Waals surface area contributed by atoms with Gasteiger partial charge in [0.05, 0.1) is 37.6 Å². The Labute approximate surface area is 226 Å². The van der Waals surface area contributed by atoms with Crippen LogP contribution in [-0.4, -0.2) is 40.9 Å². The van der Waals surface area contributed by atoms with Gasteiger partial charge in [0.25, 0.3) is 5.19 Å². The molecule has 1 unspecified atom stereocenters. The molecule has 1 atom stereocenters. The van der Waals surface area contributed by atoms with E-state index in [0.29, 0.717) is 45.3 Å². The van der Waals surface area contributed by atoms with Gasteiger partial charge in [0.2, 0.25) is 4.96 Å². The monoisotopic (exact) mass is 548 g/mol. The number of aromatic nitrogens is 4. The van der Waals surface area contributed by atoms with Crippen molar-refractivity contribution >= 4 is 38.6 Å². The van der Waals surface area contributed by atoms with Crippen LogP contribution in [0.4, 0.5) is 0 Å². The van der Waals surface area contributed by atoms with Crippen molar-refractivity contribution in [2.24, 2.45) is 0 Å². The highest BCUT2D eigenvalue weighted by atomic mass is 32.1. The minimum absolute atomic E-state index is 0.0536. The lowest BCUT2D eigenvalue weighted by Gasteiger charge is -2.09. The van der Waals surface area contributed by atoms with Crippen LogP contribution in [0.25, 0.3) is 38.0 Å². The number of furan rings is 1. The minimum atomic E-state index is 0.0536. The van der Waals surface area contributed by atoms with Crippen molar-refractivity contribution in [2.45, 2.75) is 19.6 Å². The molecule has 0 aliphatic rings. The van der Waals surface area contributed by atoms with E-state index >= 15 is 0 Å². The minimum Gasteiger partial charge on any atom is -0.496 e. The molecular weight excluding hydrogens is 524 g/mol. The van der Waals surface area contributed by atoms with Crippen molar-refractivity contribution in [3.63, 3.8) is 0 Å². The predicted molar refractivity (Wildman–Crippen MR) is 146 cm³/mol. The van der Waals surface area contributed by atoms with Gasteiger partial charge in [-0.15, -0.1) is 16.4 Å². The summed E-state index contributed by atoms with van der Waals surface area (Å²) in [6.07, 6.45) is 1.86. The third-order valence-corrected chi connectivity index (χ3v) is 7.99. The largest absolute Gasteiger partial charge is 0.496 e. The molecule has 0 N–H and O–H groups in total. The quantitative estimate of drug-likeness (QED) is 0.199. The Morgan fingerprint density at radius 3 is 2.61 bits per heavy atom. The molecule has 11 heteroatoms. The van der Waals surface area contributed by atoms with Gasteiger partial charge in [-0.1, -0.05) is 24.3 Å². The van der Waals surface area contributed by atoms with Crippen LogP contribution in [0.2, 0.25) is 0 Å². The average molecular weight is 549 g/mol. The molecule has 194 valence electrons. The standard InChI is InChI=1S/C27H24N4O5S2/c1-15(32-2)16-5-7-17(8-6-16)25-28-18(14-37-25)13-35-22-9-19(33-3)10-23-20(22)11-24(36-23)21-12-31-26(29-21)38-27(30-31)34-4/h5-12,14-15H,13H2,1-4H3. The van der Waals surface area contributed by atoms with Gasteiger partial charge in [-0.05, 0) is 29.9 Å². The average Bonchev–Trinajstić information content (AvgIpc) is 3.73. The molecule has 0 bridgehead atoms. The lowest BCUT2D eigenvalue weighted by molar-refractivity contribution is 0.119. The van der Waals surface area contributed by atoms with E-state index in [1.54, 1.807) is 37.2 Å². The van der Waals surface area contributed by atoms with Crippen molar-refractivity contribution in [1.82, 2.24) is 19.6 Å². The van der Waals surface area contributed by atoms with Gasteiger partial charge in [0.15, 0.2) is 5.76 Å². The number of rotatable bonds is 9. The lowest BCUT2D eigenvalue weighted by atomic mass is 10.1. The van der Waals surface area contributed by atoms with Gasteiger partial charge in [0, 0.05) is 30.2 Å². The number of nitrogens with zero attached hydrogens (tertiary/aromatic N) is 4. The predicted octanol–water partition coefficient (Wildman–Crippen LogP) is 6.63. The van der Waals surface area contributed by atoms with E-state index in [1.807, 2.05) is 36.7 Å². The molecule has 0 amide bonds. The Morgan fingerprint density at radius 1 is 1.03 bits per heavy atom. The highest BCUT2D eigenvalue weighted by Gasteiger charge is 2.17. The van der Waals surface area contributed by atoms with E-state index in [1.165, 1.54) is 11.3 Å². The van der Waals surface area contributed by atoms with Crippen LogP contribution in [0.1, 0.15) is 24.3 Å². The van der Waals surface area contributed by atoms with Crippen molar-refractivity contribution in [3.8, 4) is 38.7 Å². The fourth-order valence-corrected chi connectivity index (χ4v) is 5.53. The highest BCUT2D eigenvalue weighted by molar-refractivity contribution is 7.18. The first-order chi connectivity index (χ1) is 18.5. The van der Waals surface area contributed by atoms with E-state index in [0.717, 1.165) is 27.2 Å². The zero-order valence-corrected chi connectivity index (χ0v) is 22.8. The Bertz CT molecular complexity index is 1690. The van der Waals surface area contributed by atoms with Crippen LogP contribution in [0, 0.1) is 0 Å². The summed E-state index contributed by atoms with van der Waals surface area (Å²) in [4.78, 5) is 10.1. The normalized spacial score (nSPS) is 12.3. The second-order valence-electron chi connectivity index (χ2n) is 8.51. The smallest absolute Gasteiger partial charge is 0.294 e. The molecule has 6 rings (SSSR count). The zero-order chi connectivity index (χ0) is 26.2. The molecule has 0 saturated heterocycles. The Morgan fingerprint density at radius 2 is 1.87 bits per heavy atom. The number of ether oxygens (including phenoxy) is 4. The van der Waals surface area contributed by atoms with E-state index in [9.17, 15) is 0 Å². The molecule has 0 fully saturated rings. The van der Waals surface area contributed by atoms with Gasteiger partial charge in [0.1, 0.15) is 34.4 Å². The second-order valence-corrected chi connectivity index (χ2v) is 10.3. The van der Waals surface area contributed by atoms with Gasteiger partial charge in [-0.2, -0.15) is 0 Å². The molecule has 38 heavy (non-hydrogen) atoms. The lowest BCUT2D eigenvalue weighted by Crippen LogP contribution is -1.97. The van der Waals surface area contributed by atoms with Gasteiger partial charge in [-0.3, -0.25) is 0 Å². The molecule has 0 aliphatic heterocycles. The van der Waals surface area contributed by atoms with Crippen LogP contribution < -0.4 is 14.2 Å². The first-order valence-corrected chi connectivity index (χ1v) is 13.5. The molecule has 6 aromatic rings. The molecule has 4 heterocycles. The maximum Gasteiger partial charge on any atom is 0.294 e. The summed E-state index contributed by atoms with van der Waals surface area (Å²) in [6.45, 7) is 2.33. The van der Waals surface area contributed by atoms with Gasteiger partial charge >= 0.3 is 0 Å². The summed E-state index contributed by atoms with van der Waals surface area (Å²) >= 11 is 2.94. The Kier molecular flexibility index (Phi) is 6.48. The molecule has 0 aliphatic carbocycles. The first kappa shape index (κ1) is 24.4. The van der Waals surface area contributed by atoms with E-state index in [2.05, 4.69) is 34.3 Å². The van der Waals surface area contributed by atoms with Crippen molar-refractivity contribution in [2.75, 3.05) is 21.3 Å². The summed E-state index contributed by atoms with van der Waals surface area (Å²) in [5.41, 5.74) is 4.34. The maximum atomic E-state index is 6.22. The maximum absolute atomic E-state index is 6.22. The van der Waals surface area contributed by atoms with E-state index in [-0.39, 0.29) is 6.10 Å². The number of thiazole rings is 1. The number of benzene rings is 2. The second kappa shape index (κ2) is 10.1. The highest BCUT2D eigenvalue weighted by Crippen LogP contribution is 2.38. The van der Waals surface area contributed by atoms with Crippen molar-refractivity contribution in [3.05, 3.63) is 65.3 Å². The molecule has 0 saturated carbocycles. The first-order valence-electron chi connectivity index (χ1n) is 11.8. The number of hydrogen-bond acceptors (Lipinski definition) is 10. The fraction of sp³-hybridized carbons (Fsp3) is 0.222. The van der Waals surface area contributed by atoms with Gasteiger partial charge < -0.3 is 23.4 Å². The topological polar surface area (TPSA) is 93.1 Å². The number of methoxy groups -OCH3 is 3. The molecule has 0 spiro atoms. The molecule has 4 aromatic heterocycles. The van der Waals surface area contributed by atoms with E-state index in [4.69, 9.17) is 28.3 Å². The van der Waals surface area contributed by atoms with Crippen LogP contribution in [0.3, 0.4) is 0 Å². The summed E-state index contributed by atoms with van der Waals surface area (Å²) in [5.74, 6) is 1.88. The Hall–Kier alpha value is -3.93. The number of fused-ring (bicyclic) bond motifs is 2. The molecule has 0 radical (unpaired) electrons. The van der Waals surface area contributed by atoms with Crippen molar-refractivity contribution < 1.29 is 23.4 Å². The van der Waals surface area contributed by atoms with E-state index < -0.39 is 0 Å². The SMILES string of the molecule is COc1cc(OCc2csc(-c3ccc(C(C)OC)cc3)n2)c2cc(-c3cn4nc(OC)sc4n3)oc2c1. The van der Waals surface area contributed by atoms with Crippen LogP contribution >= 0.6 is 22.7 Å². The third kappa shape index (κ3) is 4.60. The molecule has 2 aromatic carbocycles. The van der Waals surface area contributed by atoms with Crippen LogP contribution in [0.15, 0.2) is 58.5 Å². The molecule has 9 nitrogen and oxygen atoms in total. The molecular formula is C27H24N4O5S2. The summed E-state index contributed by atoms with van der Waals surface area (Å²) < 4.78 is 30.1. The summed E-state index contributed by atoms with van der Waals surface area (Å²) in [6, 6.07) is 13.9. The van der Waals surface area contributed by atoms with Crippen LogP contribution in [0.5, 0.6) is 16.7 Å². The van der Waals surface area contributed by atoms with Crippen LogP contribution in [-0.2, 0) is 11.3 Å². The zero-order valence-electron chi connectivity index (χ0n) is 21.1. The third-order valence-electron chi connectivity index (χ3n) is 6.17. The summed E-state index contributed by atoms with van der Waals surface area (Å²) in [5, 5.41) is 8.65.